The van der Waals surface area contributed by atoms with Crippen LogP contribution in [0.25, 0.3) is 0 Å². The third kappa shape index (κ3) is 2.63. The summed E-state index contributed by atoms with van der Waals surface area (Å²) < 4.78 is 13.0. The number of halogens is 1. The average molecular weight is 339 g/mol. The van der Waals surface area contributed by atoms with Gasteiger partial charge in [0.1, 0.15) is 11.4 Å². The van der Waals surface area contributed by atoms with Crippen molar-refractivity contribution in [2.24, 2.45) is 0 Å². The topological polar surface area (TPSA) is 35.5 Å². The first-order chi connectivity index (χ1) is 9.62. The molecule has 20 heavy (non-hydrogen) atoms. The number of rotatable bonds is 2. The summed E-state index contributed by atoms with van der Waals surface area (Å²) in [7, 11) is 0. The number of hydrogen-bond acceptors (Lipinski definition) is 3. The van der Waals surface area contributed by atoms with Gasteiger partial charge in [-0.2, -0.15) is 0 Å². The molecule has 2 aliphatic rings. The molecule has 0 bridgehead atoms. The minimum absolute atomic E-state index is 0.191. The summed E-state index contributed by atoms with van der Waals surface area (Å²) in [5.74, 6) is 0.906. The first-order valence-corrected chi connectivity index (χ1v) is 8.04. The number of Topliss-reactive ketones (excluding diaryl/α,β-unsaturated/α-hetero) is 1. The Kier molecular flexibility index (Phi) is 3.87. The lowest BCUT2D eigenvalue weighted by molar-refractivity contribution is -0.0937. The summed E-state index contributed by atoms with van der Waals surface area (Å²) >= 11 is 3.44. The lowest BCUT2D eigenvalue weighted by Gasteiger charge is -2.43. The number of benzene rings is 1. The van der Waals surface area contributed by atoms with Crippen molar-refractivity contribution in [2.75, 3.05) is 6.61 Å². The van der Waals surface area contributed by atoms with Gasteiger partial charge in [-0.25, -0.2) is 0 Å². The maximum Gasteiger partial charge on any atom is 0.170 e. The second-order valence-electron chi connectivity index (χ2n) is 5.76. The first-order valence-electron chi connectivity index (χ1n) is 7.25. The molecule has 2 unspecified atom stereocenters. The molecule has 1 fully saturated rings. The van der Waals surface area contributed by atoms with Gasteiger partial charge >= 0.3 is 0 Å². The zero-order valence-electron chi connectivity index (χ0n) is 11.7. The first kappa shape index (κ1) is 14.1. The van der Waals surface area contributed by atoms with Crippen LogP contribution >= 0.6 is 15.9 Å². The van der Waals surface area contributed by atoms with Gasteiger partial charge in [0.25, 0.3) is 0 Å². The van der Waals surface area contributed by atoms with Crippen molar-refractivity contribution in [3.8, 4) is 5.75 Å². The molecule has 1 aromatic rings. The maximum absolute atomic E-state index is 12.4. The lowest BCUT2D eigenvalue weighted by atomic mass is 9.81. The minimum atomic E-state index is -0.358. The van der Waals surface area contributed by atoms with E-state index in [2.05, 4.69) is 22.9 Å². The summed E-state index contributed by atoms with van der Waals surface area (Å²) in [6.45, 7) is 2.84. The second-order valence-corrected chi connectivity index (χ2v) is 6.68. The fourth-order valence-corrected chi connectivity index (χ4v) is 3.56. The van der Waals surface area contributed by atoms with Gasteiger partial charge in [0.2, 0.25) is 0 Å². The van der Waals surface area contributed by atoms with Crippen LogP contribution in [0, 0.1) is 0 Å². The molecule has 0 aliphatic carbocycles. The van der Waals surface area contributed by atoms with E-state index in [1.54, 1.807) is 0 Å². The highest BCUT2D eigenvalue weighted by Gasteiger charge is 2.44. The van der Waals surface area contributed by atoms with Gasteiger partial charge in [0.05, 0.1) is 24.7 Å². The van der Waals surface area contributed by atoms with Crippen LogP contribution in [-0.4, -0.2) is 24.1 Å². The predicted octanol–water partition coefficient (Wildman–Crippen LogP) is 4.13. The van der Waals surface area contributed by atoms with Crippen molar-refractivity contribution in [3.63, 3.8) is 0 Å². The van der Waals surface area contributed by atoms with E-state index in [1.165, 1.54) is 0 Å². The molecule has 3 nitrogen and oxygen atoms in total. The third-order valence-corrected chi connectivity index (χ3v) is 4.67. The molecule has 0 saturated carbocycles. The van der Waals surface area contributed by atoms with Crippen molar-refractivity contribution in [1.82, 2.24) is 0 Å². The van der Waals surface area contributed by atoms with Gasteiger partial charge in [-0.15, -0.1) is 0 Å². The van der Waals surface area contributed by atoms with E-state index in [4.69, 9.17) is 9.47 Å². The maximum atomic E-state index is 12.4. The highest BCUT2D eigenvalue weighted by molar-refractivity contribution is 9.10. The standard InChI is InChI=1S/C16H19BrO3/c1-2-3-12-9-16(6-7-19-12)10-14(18)13-5-4-11(17)8-15(13)20-16/h4-5,8,12H,2-3,6-7,9-10H2,1H3. The molecule has 2 heterocycles. The Bertz CT molecular complexity index is 526. The van der Waals surface area contributed by atoms with Crippen LogP contribution in [0.15, 0.2) is 22.7 Å². The van der Waals surface area contributed by atoms with Crippen LogP contribution in [0.4, 0.5) is 0 Å². The molecule has 108 valence electrons. The van der Waals surface area contributed by atoms with Crippen LogP contribution in [-0.2, 0) is 4.74 Å². The summed E-state index contributed by atoms with van der Waals surface area (Å²) in [4.78, 5) is 12.4. The Morgan fingerprint density at radius 2 is 2.30 bits per heavy atom. The van der Waals surface area contributed by atoms with Gasteiger partial charge in [-0.3, -0.25) is 4.79 Å². The zero-order valence-corrected chi connectivity index (χ0v) is 13.2. The predicted molar refractivity (Wildman–Crippen MR) is 80.3 cm³/mol. The van der Waals surface area contributed by atoms with Gasteiger partial charge in [-0.05, 0) is 24.6 Å². The smallest absolute Gasteiger partial charge is 0.170 e. The number of hydrogen-bond donors (Lipinski definition) is 0. The fraction of sp³-hybridized carbons (Fsp3) is 0.562. The Hall–Kier alpha value is -0.870. The van der Waals surface area contributed by atoms with Gasteiger partial charge < -0.3 is 9.47 Å². The van der Waals surface area contributed by atoms with Crippen LogP contribution in [0.2, 0.25) is 0 Å². The van der Waals surface area contributed by atoms with E-state index in [-0.39, 0.29) is 17.5 Å². The molecule has 1 spiro atoms. The monoisotopic (exact) mass is 338 g/mol. The average Bonchev–Trinajstić information content (AvgIpc) is 2.38. The van der Waals surface area contributed by atoms with E-state index in [0.29, 0.717) is 24.3 Å². The molecule has 4 heteroatoms. The summed E-state index contributed by atoms with van der Waals surface area (Å²) in [5.41, 5.74) is 0.348. The normalized spacial score (nSPS) is 29.1. The quantitative estimate of drug-likeness (QED) is 0.813. The lowest BCUT2D eigenvalue weighted by Crippen LogP contribution is -2.49. The zero-order chi connectivity index (χ0) is 14.2. The van der Waals surface area contributed by atoms with Crippen molar-refractivity contribution in [2.45, 2.75) is 50.7 Å². The molecule has 2 aliphatic heterocycles. The molecule has 2 atom stereocenters. The minimum Gasteiger partial charge on any atom is -0.486 e. The Balaban J connectivity index is 1.87. The summed E-state index contributed by atoms with van der Waals surface area (Å²) in [6, 6.07) is 5.64. The van der Waals surface area contributed by atoms with E-state index < -0.39 is 0 Å². The van der Waals surface area contributed by atoms with Gasteiger partial charge in [0, 0.05) is 17.3 Å². The molecule has 3 rings (SSSR count). The molecule has 1 saturated heterocycles. The Morgan fingerprint density at radius 3 is 3.10 bits per heavy atom. The molecule has 0 radical (unpaired) electrons. The number of ketones is 1. The largest absolute Gasteiger partial charge is 0.486 e. The number of ether oxygens (including phenoxy) is 2. The summed E-state index contributed by atoms with van der Waals surface area (Å²) in [5, 5.41) is 0. The Labute approximate surface area is 127 Å². The highest BCUT2D eigenvalue weighted by atomic mass is 79.9. The second kappa shape index (κ2) is 5.49. The van der Waals surface area contributed by atoms with E-state index in [0.717, 1.165) is 30.2 Å². The highest BCUT2D eigenvalue weighted by Crippen LogP contribution is 2.41. The molecule has 0 aromatic heterocycles. The van der Waals surface area contributed by atoms with Gasteiger partial charge in [-0.1, -0.05) is 29.3 Å². The number of fused-ring (bicyclic) bond motifs is 1. The van der Waals surface area contributed by atoms with Crippen molar-refractivity contribution in [3.05, 3.63) is 28.2 Å². The number of carbonyl (C=O) groups is 1. The van der Waals surface area contributed by atoms with Crippen LogP contribution in [0.5, 0.6) is 5.75 Å². The molecular weight excluding hydrogens is 320 g/mol. The van der Waals surface area contributed by atoms with Crippen molar-refractivity contribution in [1.29, 1.82) is 0 Å². The Morgan fingerprint density at radius 1 is 1.45 bits per heavy atom. The van der Waals surface area contributed by atoms with E-state index >= 15 is 0 Å². The molecule has 0 amide bonds. The van der Waals surface area contributed by atoms with Crippen LogP contribution in [0.1, 0.15) is 49.4 Å². The van der Waals surface area contributed by atoms with Crippen LogP contribution in [0.3, 0.4) is 0 Å². The molecule has 0 N–H and O–H groups in total. The van der Waals surface area contributed by atoms with Crippen molar-refractivity contribution >= 4 is 21.7 Å². The van der Waals surface area contributed by atoms with E-state index in [9.17, 15) is 4.79 Å². The van der Waals surface area contributed by atoms with Crippen LogP contribution < -0.4 is 4.74 Å². The van der Waals surface area contributed by atoms with E-state index in [1.807, 2.05) is 18.2 Å². The SMILES string of the molecule is CCCC1CC2(CCO1)CC(=O)c1ccc(Br)cc1O2. The number of carbonyl (C=O) groups excluding carboxylic acids is 1. The molecule has 1 aromatic carbocycles. The van der Waals surface area contributed by atoms with Crippen molar-refractivity contribution < 1.29 is 14.3 Å². The third-order valence-electron chi connectivity index (χ3n) is 4.17. The molecular formula is C16H19BrO3. The fourth-order valence-electron chi connectivity index (χ4n) is 3.22. The summed E-state index contributed by atoms with van der Waals surface area (Å²) in [6.07, 6.45) is 4.44. The van der Waals surface area contributed by atoms with Gasteiger partial charge in [0.15, 0.2) is 5.78 Å².